The average Bonchev–Trinajstić information content (AvgIpc) is 2.38. The number of nitrogens with one attached hydrogen (secondary N) is 1. The number of aliphatic hydroxyl groups is 1. The van der Waals surface area contributed by atoms with Gasteiger partial charge in [0.15, 0.2) is 0 Å². The van der Waals surface area contributed by atoms with Gasteiger partial charge in [-0.15, -0.1) is 0 Å². The summed E-state index contributed by atoms with van der Waals surface area (Å²) in [7, 11) is 1.84. The molecule has 0 atom stereocenters. The van der Waals surface area contributed by atoms with E-state index in [1.54, 1.807) is 0 Å². The molecule has 0 saturated heterocycles. The van der Waals surface area contributed by atoms with E-state index >= 15 is 0 Å². The van der Waals surface area contributed by atoms with E-state index in [4.69, 9.17) is 0 Å². The van der Waals surface area contributed by atoms with E-state index in [0.717, 1.165) is 11.3 Å². The predicted molar refractivity (Wildman–Crippen MR) is 83.0 cm³/mol. The molecule has 1 aromatic carbocycles. The Hall–Kier alpha value is -1.39. The van der Waals surface area contributed by atoms with Crippen LogP contribution in [0, 0.1) is 0 Å². The van der Waals surface area contributed by atoms with Crippen molar-refractivity contribution in [1.82, 2.24) is 4.90 Å². The van der Waals surface area contributed by atoms with Crippen LogP contribution in [0.25, 0.3) is 0 Å². The molecule has 20 heavy (non-hydrogen) atoms. The SMILES string of the molecule is CC(C)c1ccccc1NC(=O)CN(C)C(C)(C)CO. The van der Waals surface area contributed by atoms with Crippen molar-refractivity contribution in [2.24, 2.45) is 0 Å². The van der Waals surface area contributed by atoms with Crippen LogP contribution in [0.15, 0.2) is 24.3 Å². The Labute approximate surface area is 121 Å². The maximum atomic E-state index is 12.1. The lowest BCUT2D eigenvalue weighted by Crippen LogP contribution is -2.47. The number of likely N-dealkylation sites (N-methyl/N-ethyl adjacent to an activating group) is 1. The zero-order valence-electron chi connectivity index (χ0n) is 13.1. The molecular weight excluding hydrogens is 252 g/mol. The Bertz CT molecular complexity index is 456. The first kappa shape index (κ1) is 16.7. The normalized spacial score (nSPS) is 12.0. The lowest BCUT2D eigenvalue weighted by atomic mass is 10.0. The zero-order chi connectivity index (χ0) is 15.3. The van der Waals surface area contributed by atoms with E-state index in [9.17, 15) is 9.90 Å². The summed E-state index contributed by atoms with van der Waals surface area (Å²) in [5.74, 6) is 0.292. The van der Waals surface area contributed by atoms with Gasteiger partial charge in [-0.2, -0.15) is 0 Å². The van der Waals surface area contributed by atoms with Gasteiger partial charge in [0.1, 0.15) is 0 Å². The highest BCUT2D eigenvalue weighted by Crippen LogP contribution is 2.23. The van der Waals surface area contributed by atoms with Gasteiger partial charge >= 0.3 is 0 Å². The summed E-state index contributed by atoms with van der Waals surface area (Å²) in [4.78, 5) is 14.0. The van der Waals surface area contributed by atoms with E-state index in [1.807, 2.05) is 50.1 Å². The maximum Gasteiger partial charge on any atom is 0.238 e. The topological polar surface area (TPSA) is 52.6 Å². The molecule has 0 bridgehead atoms. The summed E-state index contributed by atoms with van der Waals surface area (Å²) in [6, 6.07) is 7.85. The fourth-order valence-electron chi connectivity index (χ4n) is 1.85. The molecule has 1 aromatic rings. The molecule has 0 unspecified atom stereocenters. The first-order valence-corrected chi connectivity index (χ1v) is 6.99. The van der Waals surface area contributed by atoms with Gasteiger partial charge in [-0.1, -0.05) is 32.0 Å². The van der Waals surface area contributed by atoms with E-state index in [-0.39, 0.29) is 19.1 Å². The number of benzene rings is 1. The Morgan fingerprint density at radius 3 is 2.50 bits per heavy atom. The molecular formula is C16H26N2O2. The smallest absolute Gasteiger partial charge is 0.238 e. The molecule has 2 N–H and O–H groups in total. The molecule has 0 saturated carbocycles. The monoisotopic (exact) mass is 278 g/mol. The van der Waals surface area contributed by atoms with Gasteiger partial charge in [-0.25, -0.2) is 0 Å². The van der Waals surface area contributed by atoms with Crippen molar-refractivity contribution in [2.75, 3.05) is 25.5 Å². The minimum absolute atomic E-state index is 0.0133. The highest BCUT2D eigenvalue weighted by atomic mass is 16.3. The molecule has 4 nitrogen and oxygen atoms in total. The zero-order valence-corrected chi connectivity index (χ0v) is 13.1. The van der Waals surface area contributed by atoms with Gasteiger partial charge < -0.3 is 10.4 Å². The van der Waals surface area contributed by atoms with Gasteiger partial charge in [-0.3, -0.25) is 9.69 Å². The molecule has 0 aliphatic carbocycles. The maximum absolute atomic E-state index is 12.1. The predicted octanol–water partition coefficient (Wildman–Crippen LogP) is 2.45. The number of amides is 1. The minimum Gasteiger partial charge on any atom is -0.394 e. The summed E-state index contributed by atoms with van der Waals surface area (Å²) in [6.45, 7) is 8.28. The minimum atomic E-state index is -0.408. The Balaban J connectivity index is 2.73. The fraction of sp³-hybridized carbons (Fsp3) is 0.562. The third-order valence-corrected chi connectivity index (χ3v) is 3.66. The summed E-state index contributed by atoms with van der Waals surface area (Å²) in [6.07, 6.45) is 0. The van der Waals surface area contributed by atoms with Crippen LogP contribution in [0.1, 0.15) is 39.2 Å². The molecule has 1 amide bonds. The number of aliphatic hydroxyl groups excluding tert-OH is 1. The van der Waals surface area contributed by atoms with Crippen molar-refractivity contribution in [3.05, 3.63) is 29.8 Å². The van der Waals surface area contributed by atoms with Crippen molar-refractivity contribution in [3.8, 4) is 0 Å². The van der Waals surface area contributed by atoms with E-state index in [0.29, 0.717) is 5.92 Å². The van der Waals surface area contributed by atoms with Crippen molar-refractivity contribution in [3.63, 3.8) is 0 Å². The number of rotatable bonds is 6. The number of carbonyl (C=O) groups is 1. The fourth-order valence-corrected chi connectivity index (χ4v) is 1.85. The van der Waals surface area contributed by atoms with Gasteiger partial charge in [0.2, 0.25) is 5.91 Å². The van der Waals surface area contributed by atoms with E-state index in [1.165, 1.54) is 0 Å². The highest BCUT2D eigenvalue weighted by molar-refractivity contribution is 5.93. The average molecular weight is 278 g/mol. The van der Waals surface area contributed by atoms with Crippen LogP contribution in [-0.2, 0) is 4.79 Å². The lowest BCUT2D eigenvalue weighted by molar-refractivity contribution is -0.118. The van der Waals surface area contributed by atoms with Crippen LogP contribution in [-0.4, -0.2) is 41.7 Å². The van der Waals surface area contributed by atoms with Crippen molar-refractivity contribution >= 4 is 11.6 Å². The molecule has 0 aromatic heterocycles. The van der Waals surface area contributed by atoms with Crippen LogP contribution in [0.2, 0.25) is 0 Å². The van der Waals surface area contributed by atoms with E-state index < -0.39 is 5.54 Å². The van der Waals surface area contributed by atoms with Gasteiger partial charge in [0, 0.05) is 11.2 Å². The van der Waals surface area contributed by atoms with Gasteiger partial charge in [0.25, 0.3) is 0 Å². The van der Waals surface area contributed by atoms with Crippen LogP contribution < -0.4 is 5.32 Å². The first-order chi connectivity index (χ1) is 9.27. The third-order valence-electron chi connectivity index (χ3n) is 3.66. The number of hydrogen-bond acceptors (Lipinski definition) is 3. The summed E-state index contributed by atoms with van der Waals surface area (Å²) >= 11 is 0. The molecule has 0 radical (unpaired) electrons. The van der Waals surface area contributed by atoms with Crippen molar-refractivity contribution in [2.45, 2.75) is 39.2 Å². The number of carbonyl (C=O) groups excluding carboxylic acids is 1. The number of para-hydroxylation sites is 1. The molecule has 1 rings (SSSR count). The number of anilines is 1. The number of nitrogens with zero attached hydrogens (tertiary/aromatic N) is 1. The van der Waals surface area contributed by atoms with Gasteiger partial charge in [0.05, 0.1) is 13.2 Å². The van der Waals surface area contributed by atoms with Crippen LogP contribution >= 0.6 is 0 Å². The van der Waals surface area contributed by atoms with Crippen molar-refractivity contribution in [1.29, 1.82) is 0 Å². The Morgan fingerprint density at radius 2 is 1.95 bits per heavy atom. The van der Waals surface area contributed by atoms with Crippen molar-refractivity contribution < 1.29 is 9.90 Å². The molecule has 0 aliphatic rings. The van der Waals surface area contributed by atoms with Crippen LogP contribution in [0.3, 0.4) is 0 Å². The second kappa shape index (κ2) is 6.86. The molecule has 0 fully saturated rings. The molecule has 4 heteroatoms. The van der Waals surface area contributed by atoms with E-state index in [2.05, 4.69) is 19.2 Å². The molecule has 0 spiro atoms. The molecule has 0 heterocycles. The molecule has 112 valence electrons. The number of hydrogen-bond donors (Lipinski definition) is 2. The summed E-state index contributed by atoms with van der Waals surface area (Å²) in [5, 5.41) is 12.3. The second-order valence-corrected chi connectivity index (χ2v) is 6.12. The lowest BCUT2D eigenvalue weighted by Gasteiger charge is -2.33. The Morgan fingerprint density at radius 1 is 1.35 bits per heavy atom. The Kier molecular flexibility index (Phi) is 5.72. The highest BCUT2D eigenvalue weighted by Gasteiger charge is 2.24. The second-order valence-electron chi connectivity index (χ2n) is 6.12. The van der Waals surface area contributed by atoms with Crippen LogP contribution in [0.5, 0.6) is 0 Å². The summed E-state index contributed by atoms with van der Waals surface area (Å²) in [5.41, 5.74) is 1.59. The quantitative estimate of drug-likeness (QED) is 0.840. The third kappa shape index (κ3) is 4.32. The molecule has 0 aliphatic heterocycles. The van der Waals surface area contributed by atoms with Crippen LogP contribution in [0.4, 0.5) is 5.69 Å². The largest absolute Gasteiger partial charge is 0.394 e. The first-order valence-electron chi connectivity index (χ1n) is 6.99. The summed E-state index contributed by atoms with van der Waals surface area (Å²) < 4.78 is 0. The van der Waals surface area contributed by atoms with Gasteiger partial charge in [-0.05, 0) is 38.4 Å². The standard InChI is InChI=1S/C16H26N2O2/c1-12(2)13-8-6-7-9-14(13)17-15(20)10-18(5)16(3,4)11-19/h6-9,12,19H,10-11H2,1-5H3,(H,17,20).